The molecule has 0 saturated heterocycles. The molecule has 8 aromatic carbocycles. The maximum atomic E-state index is 2.43. The molecular formula is C52H36N2S. The van der Waals surface area contributed by atoms with Gasteiger partial charge in [-0.05, 0) is 83.1 Å². The van der Waals surface area contributed by atoms with Crippen LogP contribution in [0.3, 0.4) is 0 Å². The van der Waals surface area contributed by atoms with Crippen LogP contribution in [0, 0.1) is 0 Å². The van der Waals surface area contributed by atoms with E-state index in [1.54, 1.807) is 0 Å². The van der Waals surface area contributed by atoms with Gasteiger partial charge in [0, 0.05) is 54.6 Å². The number of hydrogen-bond acceptors (Lipinski definition) is 2. The molecule has 1 atom stereocenters. The van der Waals surface area contributed by atoms with E-state index in [1.807, 2.05) is 11.3 Å². The van der Waals surface area contributed by atoms with E-state index in [2.05, 4.69) is 210 Å². The molecular weight excluding hydrogens is 685 g/mol. The van der Waals surface area contributed by atoms with Crippen LogP contribution in [0.15, 0.2) is 200 Å². The van der Waals surface area contributed by atoms with Crippen LogP contribution in [0.25, 0.3) is 69.6 Å². The molecule has 1 unspecified atom stereocenters. The molecule has 11 rings (SSSR count). The lowest BCUT2D eigenvalue weighted by atomic mass is 9.92. The van der Waals surface area contributed by atoms with Gasteiger partial charge in [0.05, 0.1) is 21.4 Å². The average Bonchev–Trinajstić information content (AvgIpc) is 3.82. The Morgan fingerprint density at radius 1 is 0.509 bits per heavy atom. The first kappa shape index (κ1) is 31.8. The fraction of sp³-hybridized carbons (Fsp3) is 0.0385. The molecule has 10 aromatic rings. The molecule has 1 aliphatic carbocycles. The zero-order valence-electron chi connectivity index (χ0n) is 30.1. The van der Waals surface area contributed by atoms with Gasteiger partial charge in [0.15, 0.2) is 0 Å². The fourth-order valence-corrected chi connectivity index (χ4v) is 9.84. The second kappa shape index (κ2) is 13.0. The van der Waals surface area contributed by atoms with E-state index in [4.69, 9.17) is 0 Å². The van der Waals surface area contributed by atoms with Gasteiger partial charge < -0.3 is 9.47 Å². The summed E-state index contributed by atoms with van der Waals surface area (Å²) >= 11 is 1.87. The van der Waals surface area contributed by atoms with Crippen molar-refractivity contribution in [3.63, 3.8) is 0 Å². The zero-order valence-corrected chi connectivity index (χ0v) is 31.0. The Hall–Kier alpha value is -6.68. The highest BCUT2D eigenvalue weighted by Gasteiger charge is 2.20. The van der Waals surface area contributed by atoms with E-state index < -0.39 is 0 Å². The van der Waals surface area contributed by atoms with Gasteiger partial charge in [-0.25, -0.2) is 0 Å². The van der Waals surface area contributed by atoms with Crippen LogP contribution < -0.4 is 4.90 Å². The van der Waals surface area contributed by atoms with Crippen LogP contribution in [-0.4, -0.2) is 4.57 Å². The van der Waals surface area contributed by atoms with Crippen molar-refractivity contribution < 1.29 is 0 Å². The fourth-order valence-electron chi connectivity index (χ4n) is 8.64. The Morgan fingerprint density at radius 2 is 1.18 bits per heavy atom. The lowest BCUT2D eigenvalue weighted by molar-refractivity contribution is 0.854. The van der Waals surface area contributed by atoms with Crippen LogP contribution >= 0.6 is 11.3 Å². The second-order valence-electron chi connectivity index (χ2n) is 14.5. The lowest BCUT2D eigenvalue weighted by Crippen LogP contribution is -2.10. The van der Waals surface area contributed by atoms with E-state index in [0.29, 0.717) is 5.92 Å². The van der Waals surface area contributed by atoms with E-state index >= 15 is 0 Å². The first-order valence-electron chi connectivity index (χ1n) is 19.0. The number of allylic oxidation sites excluding steroid dienone is 4. The molecule has 2 aromatic heterocycles. The Bertz CT molecular complexity index is 3110. The maximum absolute atomic E-state index is 2.43. The summed E-state index contributed by atoms with van der Waals surface area (Å²) in [5.74, 6) is 0.415. The zero-order chi connectivity index (χ0) is 36.3. The van der Waals surface area contributed by atoms with Gasteiger partial charge >= 0.3 is 0 Å². The number of hydrogen-bond donors (Lipinski definition) is 0. The summed E-state index contributed by atoms with van der Waals surface area (Å²) < 4.78 is 5.04. The van der Waals surface area contributed by atoms with Crippen molar-refractivity contribution in [1.82, 2.24) is 4.57 Å². The molecule has 0 bridgehead atoms. The second-order valence-corrected chi connectivity index (χ2v) is 15.5. The van der Waals surface area contributed by atoms with Crippen LogP contribution in [0.4, 0.5) is 17.1 Å². The summed E-state index contributed by atoms with van der Waals surface area (Å²) in [5.41, 5.74) is 10.8. The van der Waals surface area contributed by atoms with E-state index in [0.717, 1.165) is 23.5 Å². The van der Waals surface area contributed by atoms with Gasteiger partial charge in [-0.2, -0.15) is 0 Å². The summed E-state index contributed by atoms with van der Waals surface area (Å²) in [4.78, 5) is 2.43. The van der Waals surface area contributed by atoms with Gasteiger partial charge in [-0.3, -0.25) is 0 Å². The summed E-state index contributed by atoms with van der Waals surface area (Å²) in [5, 5.41) is 7.68. The molecule has 0 saturated carbocycles. The van der Waals surface area contributed by atoms with Crippen molar-refractivity contribution in [3.8, 4) is 16.8 Å². The molecule has 0 N–H and O–H groups in total. The number of rotatable bonds is 6. The average molecular weight is 721 g/mol. The van der Waals surface area contributed by atoms with Gasteiger partial charge in [0.2, 0.25) is 0 Å². The first-order chi connectivity index (χ1) is 27.3. The number of anilines is 3. The summed E-state index contributed by atoms with van der Waals surface area (Å²) in [6, 6.07) is 64.8. The Kier molecular flexibility index (Phi) is 7.53. The van der Waals surface area contributed by atoms with Crippen LogP contribution in [0.2, 0.25) is 0 Å². The van der Waals surface area contributed by atoms with Crippen molar-refractivity contribution in [2.45, 2.75) is 12.3 Å². The Labute approximate surface area is 324 Å². The molecule has 55 heavy (non-hydrogen) atoms. The Balaban J connectivity index is 0.989. The number of fused-ring (bicyclic) bond motifs is 8. The maximum Gasteiger partial charge on any atom is 0.0640 e. The molecule has 0 fully saturated rings. The number of nitrogens with zero attached hydrogens (tertiary/aromatic N) is 2. The van der Waals surface area contributed by atoms with E-state index in [9.17, 15) is 0 Å². The first-order valence-corrected chi connectivity index (χ1v) is 19.9. The van der Waals surface area contributed by atoms with Crippen molar-refractivity contribution in [1.29, 1.82) is 0 Å². The van der Waals surface area contributed by atoms with Crippen LogP contribution in [-0.2, 0) is 0 Å². The molecule has 0 spiro atoms. The third kappa shape index (κ3) is 5.31. The summed E-state index contributed by atoms with van der Waals surface area (Å²) in [6.45, 7) is 0. The lowest BCUT2D eigenvalue weighted by Gasteiger charge is -2.27. The molecule has 1 aliphatic rings. The topological polar surface area (TPSA) is 8.17 Å². The molecule has 260 valence electrons. The highest BCUT2D eigenvalue weighted by atomic mass is 32.1. The highest BCUT2D eigenvalue weighted by molar-refractivity contribution is 7.26. The van der Waals surface area contributed by atoms with Crippen molar-refractivity contribution in [3.05, 3.63) is 206 Å². The minimum absolute atomic E-state index is 0.415. The summed E-state index contributed by atoms with van der Waals surface area (Å²) in [7, 11) is 0. The van der Waals surface area contributed by atoms with Crippen molar-refractivity contribution in [2.75, 3.05) is 4.90 Å². The van der Waals surface area contributed by atoms with Crippen LogP contribution in [0.1, 0.15) is 17.9 Å². The van der Waals surface area contributed by atoms with E-state index in [1.165, 1.54) is 75.1 Å². The van der Waals surface area contributed by atoms with Gasteiger partial charge in [-0.15, -0.1) is 11.3 Å². The molecule has 2 heterocycles. The third-order valence-electron chi connectivity index (χ3n) is 11.3. The number of thiophene rings is 1. The standard InChI is InChI=1S/C52H36N2S/c1-2-11-35(12-3-1)36-21-28-40(29-22-36)53(49-19-10-17-47-45-16-7-9-20-50(45)55-52(47)49)41-30-23-37(24-31-41)38-25-32-42(33-26-38)54-48-18-8-6-15-44(48)46-34-27-39-13-4-5-14-43(39)51(46)54/h1-11,13-35H,12H2. The normalized spacial score (nSPS) is 14.1. The van der Waals surface area contributed by atoms with E-state index in [-0.39, 0.29) is 0 Å². The van der Waals surface area contributed by atoms with Crippen molar-refractivity contribution in [2.24, 2.45) is 0 Å². The third-order valence-corrected chi connectivity index (χ3v) is 12.5. The smallest absolute Gasteiger partial charge is 0.0640 e. The van der Waals surface area contributed by atoms with Gasteiger partial charge in [0.1, 0.15) is 0 Å². The number of para-hydroxylation sites is 1. The molecule has 0 aliphatic heterocycles. The minimum Gasteiger partial charge on any atom is -0.309 e. The largest absolute Gasteiger partial charge is 0.309 e. The van der Waals surface area contributed by atoms with Gasteiger partial charge in [-0.1, -0.05) is 146 Å². The summed E-state index contributed by atoms with van der Waals surface area (Å²) in [6.07, 6.45) is 9.91. The van der Waals surface area contributed by atoms with Crippen LogP contribution in [0.5, 0.6) is 0 Å². The SMILES string of the molecule is C1=CCC(c2ccc(N(c3ccc(-c4ccc(-n5c6ccccc6c6ccc7ccccc7c65)cc4)cc3)c3cccc4c3sc3ccccc34)cc2)C=C1. The molecule has 0 amide bonds. The molecule has 3 heteroatoms. The monoisotopic (exact) mass is 720 g/mol. The van der Waals surface area contributed by atoms with Gasteiger partial charge in [0.25, 0.3) is 0 Å². The predicted octanol–water partition coefficient (Wildman–Crippen LogP) is 15.0. The van der Waals surface area contributed by atoms with Crippen molar-refractivity contribution >= 4 is 81.1 Å². The number of benzene rings is 8. The Morgan fingerprint density at radius 3 is 1.96 bits per heavy atom. The molecule has 2 nitrogen and oxygen atoms in total. The minimum atomic E-state index is 0.415. The number of aromatic nitrogens is 1. The molecule has 0 radical (unpaired) electrons. The quantitative estimate of drug-likeness (QED) is 0.166. The highest BCUT2D eigenvalue weighted by Crippen LogP contribution is 2.45. The predicted molar refractivity (Wildman–Crippen MR) is 237 cm³/mol.